The quantitative estimate of drug-likeness (QED) is 0.787. The maximum absolute atomic E-state index is 4.25. The van der Waals surface area contributed by atoms with Crippen LogP contribution in [0.4, 0.5) is 0 Å². The van der Waals surface area contributed by atoms with Crippen molar-refractivity contribution in [2.24, 2.45) is 0 Å². The van der Waals surface area contributed by atoms with Crippen molar-refractivity contribution < 1.29 is 0 Å². The van der Waals surface area contributed by atoms with E-state index in [1.807, 2.05) is 18.2 Å². The van der Waals surface area contributed by atoms with Crippen molar-refractivity contribution in [3.05, 3.63) is 36.4 Å². The van der Waals surface area contributed by atoms with Gasteiger partial charge in [-0.15, -0.1) is 0 Å². The molecule has 1 aromatic carbocycles. The van der Waals surface area contributed by atoms with E-state index in [2.05, 4.69) is 34.2 Å². The number of nitrogens with zero attached hydrogens (tertiary/aromatic N) is 1. The normalized spacial score (nSPS) is 10.2. The SMILES string of the molecule is C[Se]c1cc(-c2ccccc2)n[nH]1. The first-order chi connectivity index (χ1) is 6.40. The molecule has 1 heterocycles. The van der Waals surface area contributed by atoms with Crippen molar-refractivity contribution in [1.82, 2.24) is 10.2 Å². The fourth-order valence-corrected chi connectivity index (χ4v) is 1.93. The van der Waals surface area contributed by atoms with Crippen LogP contribution in [0.1, 0.15) is 0 Å². The molecule has 3 heteroatoms. The summed E-state index contributed by atoms with van der Waals surface area (Å²) < 4.78 is 1.24. The Labute approximate surface area is 83.5 Å². The van der Waals surface area contributed by atoms with Gasteiger partial charge in [0.1, 0.15) is 0 Å². The van der Waals surface area contributed by atoms with Gasteiger partial charge in [0.05, 0.1) is 0 Å². The van der Waals surface area contributed by atoms with Crippen LogP contribution in [0.5, 0.6) is 0 Å². The summed E-state index contributed by atoms with van der Waals surface area (Å²) in [7, 11) is 0. The Morgan fingerprint density at radius 3 is 2.62 bits per heavy atom. The molecular weight excluding hydrogens is 227 g/mol. The summed E-state index contributed by atoms with van der Waals surface area (Å²) in [6.07, 6.45) is 0. The molecule has 0 bridgehead atoms. The summed E-state index contributed by atoms with van der Waals surface area (Å²) in [5.41, 5.74) is 2.22. The van der Waals surface area contributed by atoms with Crippen LogP contribution in [0.25, 0.3) is 11.3 Å². The van der Waals surface area contributed by atoms with E-state index < -0.39 is 0 Å². The van der Waals surface area contributed by atoms with Gasteiger partial charge in [0.15, 0.2) is 0 Å². The zero-order valence-corrected chi connectivity index (χ0v) is 9.03. The van der Waals surface area contributed by atoms with Crippen LogP contribution < -0.4 is 4.59 Å². The molecule has 0 fully saturated rings. The summed E-state index contributed by atoms with van der Waals surface area (Å²) in [5.74, 6) is 2.18. The monoisotopic (exact) mass is 238 g/mol. The molecule has 1 aromatic heterocycles. The molecule has 0 unspecified atom stereocenters. The van der Waals surface area contributed by atoms with Gasteiger partial charge in [0.2, 0.25) is 0 Å². The minimum absolute atomic E-state index is 0.500. The van der Waals surface area contributed by atoms with Crippen LogP contribution in [0.2, 0.25) is 5.82 Å². The fourth-order valence-electron chi connectivity index (χ4n) is 1.17. The van der Waals surface area contributed by atoms with E-state index in [4.69, 9.17) is 0 Å². The molecule has 13 heavy (non-hydrogen) atoms. The molecule has 0 saturated carbocycles. The second-order valence-electron chi connectivity index (χ2n) is 2.69. The molecule has 2 aromatic rings. The molecule has 0 spiro atoms. The number of hydrogen-bond donors (Lipinski definition) is 1. The molecule has 0 radical (unpaired) electrons. The van der Waals surface area contributed by atoms with Crippen molar-refractivity contribution in [2.75, 3.05) is 0 Å². The topological polar surface area (TPSA) is 28.7 Å². The molecular formula is C10H10N2Se. The molecule has 2 rings (SSSR count). The van der Waals surface area contributed by atoms with E-state index in [1.165, 1.54) is 10.2 Å². The van der Waals surface area contributed by atoms with Crippen LogP contribution in [-0.2, 0) is 0 Å². The second-order valence-corrected chi connectivity index (χ2v) is 4.47. The Bertz CT molecular complexity index is 381. The van der Waals surface area contributed by atoms with E-state index >= 15 is 0 Å². The summed E-state index contributed by atoms with van der Waals surface area (Å²) >= 11 is 0.500. The standard InChI is InChI=1S/C10H10N2Se/c1-13-10-7-9(11-12-10)8-5-3-2-4-6-8/h2-7H,1H3,(H,11,12). The molecule has 66 valence electrons. The number of hydrogen-bond acceptors (Lipinski definition) is 1. The zero-order chi connectivity index (χ0) is 9.10. The van der Waals surface area contributed by atoms with Gasteiger partial charge in [0, 0.05) is 0 Å². The van der Waals surface area contributed by atoms with Gasteiger partial charge >= 0.3 is 83.2 Å². The Kier molecular flexibility index (Phi) is 2.48. The third-order valence-corrected chi connectivity index (χ3v) is 3.21. The summed E-state index contributed by atoms with van der Waals surface area (Å²) in [4.78, 5) is 0. The molecule has 0 aliphatic heterocycles. The van der Waals surface area contributed by atoms with Crippen molar-refractivity contribution >= 4 is 19.5 Å². The van der Waals surface area contributed by atoms with Gasteiger partial charge in [-0.2, -0.15) is 0 Å². The van der Waals surface area contributed by atoms with Crippen LogP contribution in [0.3, 0.4) is 0 Å². The van der Waals surface area contributed by atoms with Crippen molar-refractivity contribution in [1.29, 1.82) is 0 Å². The van der Waals surface area contributed by atoms with E-state index in [9.17, 15) is 0 Å². The first kappa shape index (κ1) is 8.54. The molecule has 0 aliphatic rings. The van der Waals surface area contributed by atoms with E-state index in [-0.39, 0.29) is 0 Å². The zero-order valence-electron chi connectivity index (χ0n) is 7.32. The first-order valence-corrected chi connectivity index (χ1v) is 6.62. The predicted molar refractivity (Wildman–Crippen MR) is 55.3 cm³/mol. The van der Waals surface area contributed by atoms with Crippen LogP contribution >= 0.6 is 0 Å². The van der Waals surface area contributed by atoms with Crippen molar-refractivity contribution in [3.8, 4) is 11.3 Å². The third kappa shape index (κ3) is 1.82. The average Bonchev–Trinajstić information content (AvgIpc) is 2.67. The molecule has 1 N–H and O–H groups in total. The second kappa shape index (κ2) is 3.77. The third-order valence-electron chi connectivity index (χ3n) is 1.84. The Hall–Kier alpha value is -1.05. The Balaban J connectivity index is 2.36. The summed E-state index contributed by atoms with van der Waals surface area (Å²) in [6.45, 7) is 0. The molecule has 0 aliphatic carbocycles. The number of aromatic amines is 1. The van der Waals surface area contributed by atoms with Gasteiger partial charge in [-0.25, -0.2) is 0 Å². The van der Waals surface area contributed by atoms with Crippen LogP contribution in [0.15, 0.2) is 36.4 Å². The molecule has 0 saturated heterocycles. The molecule has 0 atom stereocenters. The van der Waals surface area contributed by atoms with Crippen LogP contribution in [0, 0.1) is 0 Å². The Morgan fingerprint density at radius 2 is 2.00 bits per heavy atom. The van der Waals surface area contributed by atoms with E-state index in [1.54, 1.807) is 0 Å². The first-order valence-electron chi connectivity index (χ1n) is 4.05. The maximum atomic E-state index is 4.25. The number of H-pyrrole nitrogens is 1. The van der Waals surface area contributed by atoms with Crippen molar-refractivity contribution in [2.45, 2.75) is 5.82 Å². The Morgan fingerprint density at radius 1 is 1.23 bits per heavy atom. The molecule has 0 amide bonds. The van der Waals surface area contributed by atoms with Gasteiger partial charge in [-0.3, -0.25) is 0 Å². The van der Waals surface area contributed by atoms with Gasteiger partial charge in [-0.05, 0) is 0 Å². The van der Waals surface area contributed by atoms with Gasteiger partial charge in [-0.1, -0.05) is 0 Å². The van der Waals surface area contributed by atoms with Gasteiger partial charge < -0.3 is 0 Å². The van der Waals surface area contributed by atoms with Crippen molar-refractivity contribution in [3.63, 3.8) is 0 Å². The molecule has 2 nitrogen and oxygen atoms in total. The van der Waals surface area contributed by atoms with Crippen LogP contribution in [-0.4, -0.2) is 25.2 Å². The summed E-state index contributed by atoms with van der Waals surface area (Å²) in [5, 5.41) is 7.28. The minimum atomic E-state index is 0.500. The number of nitrogens with one attached hydrogen (secondary N) is 1. The average molecular weight is 237 g/mol. The van der Waals surface area contributed by atoms with Gasteiger partial charge in [0.25, 0.3) is 0 Å². The number of rotatable bonds is 2. The van der Waals surface area contributed by atoms with E-state index in [0.717, 1.165) is 5.69 Å². The fraction of sp³-hybridized carbons (Fsp3) is 0.100. The van der Waals surface area contributed by atoms with E-state index in [0.29, 0.717) is 15.0 Å². The number of aromatic nitrogens is 2. The summed E-state index contributed by atoms with van der Waals surface area (Å²) in [6, 6.07) is 12.3. The predicted octanol–water partition coefficient (Wildman–Crippen LogP) is 1.45. The number of benzene rings is 1.